The van der Waals surface area contributed by atoms with E-state index >= 15 is 0 Å². The molecule has 0 radical (unpaired) electrons. The number of hydrogen-bond donors (Lipinski definition) is 1. The Morgan fingerprint density at radius 2 is 1.88 bits per heavy atom. The largest absolute Gasteiger partial charge is 0.353 e. The average molecular weight is 326 g/mol. The molecule has 3 heterocycles. The Morgan fingerprint density at radius 3 is 2.58 bits per heavy atom. The maximum atomic E-state index is 12.0. The molecule has 1 aliphatic rings. The fourth-order valence-electron chi connectivity index (χ4n) is 2.63. The molecule has 2 aromatic rings. The second-order valence-electron chi connectivity index (χ2n) is 5.66. The molecule has 1 aliphatic heterocycles. The van der Waals surface area contributed by atoms with Crippen molar-refractivity contribution < 1.29 is 4.79 Å². The molecule has 1 fully saturated rings. The van der Waals surface area contributed by atoms with Gasteiger partial charge in [-0.2, -0.15) is 0 Å². The van der Waals surface area contributed by atoms with Gasteiger partial charge in [0.2, 0.25) is 5.95 Å². The first kappa shape index (κ1) is 16.2. The second kappa shape index (κ2) is 7.72. The second-order valence-corrected chi connectivity index (χ2v) is 5.66. The number of piperazine rings is 1. The summed E-state index contributed by atoms with van der Waals surface area (Å²) in [5.41, 5.74) is 0.417. The highest BCUT2D eigenvalue weighted by molar-refractivity contribution is 5.92. The van der Waals surface area contributed by atoms with Gasteiger partial charge in [-0.15, -0.1) is 0 Å². The van der Waals surface area contributed by atoms with Crippen molar-refractivity contribution in [3.05, 3.63) is 42.4 Å². The quantitative estimate of drug-likeness (QED) is 0.894. The third kappa shape index (κ3) is 3.79. The van der Waals surface area contributed by atoms with Crippen molar-refractivity contribution in [2.24, 2.45) is 0 Å². The highest BCUT2D eigenvalue weighted by Gasteiger charge is 2.20. The molecule has 0 unspecified atom stereocenters. The number of aromatic nitrogens is 3. The number of hydrogen-bond acceptors (Lipinski definition) is 6. The van der Waals surface area contributed by atoms with Crippen LogP contribution in [-0.4, -0.2) is 53.6 Å². The molecule has 0 saturated carbocycles. The Morgan fingerprint density at radius 1 is 1.08 bits per heavy atom. The first-order valence-electron chi connectivity index (χ1n) is 8.30. The van der Waals surface area contributed by atoms with Gasteiger partial charge < -0.3 is 15.1 Å². The first-order chi connectivity index (χ1) is 11.8. The summed E-state index contributed by atoms with van der Waals surface area (Å²) in [4.78, 5) is 29.5. The van der Waals surface area contributed by atoms with Crippen LogP contribution in [-0.2, 0) is 0 Å². The number of carbonyl (C=O) groups excluding carboxylic acids is 1. The van der Waals surface area contributed by atoms with Gasteiger partial charge in [0.1, 0.15) is 11.5 Å². The molecule has 3 rings (SSSR count). The van der Waals surface area contributed by atoms with Gasteiger partial charge in [0.05, 0.1) is 0 Å². The SMILES string of the molecule is CCCNC(=O)c1ccnc(N2CCN(c3ccccn3)CC2)n1. The molecule has 0 aliphatic carbocycles. The summed E-state index contributed by atoms with van der Waals surface area (Å²) in [6, 6.07) is 7.59. The van der Waals surface area contributed by atoms with E-state index in [0.29, 0.717) is 18.2 Å². The lowest BCUT2D eigenvalue weighted by molar-refractivity contribution is 0.0948. The fourth-order valence-corrected chi connectivity index (χ4v) is 2.63. The summed E-state index contributed by atoms with van der Waals surface area (Å²) in [6.07, 6.45) is 4.36. The van der Waals surface area contributed by atoms with Crippen LogP contribution in [0.2, 0.25) is 0 Å². The zero-order valence-corrected chi connectivity index (χ0v) is 13.9. The lowest BCUT2D eigenvalue weighted by Crippen LogP contribution is -2.47. The molecule has 2 aromatic heterocycles. The Labute approximate surface area is 141 Å². The fraction of sp³-hybridized carbons (Fsp3) is 0.412. The van der Waals surface area contributed by atoms with Gasteiger partial charge in [0.25, 0.3) is 5.91 Å². The summed E-state index contributed by atoms with van der Waals surface area (Å²) >= 11 is 0. The molecule has 0 atom stereocenters. The van der Waals surface area contributed by atoms with Crippen LogP contribution in [0.15, 0.2) is 36.7 Å². The smallest absolute Gasteiger partial charge is 0.270 e. The van der Waals surface area contributed by atoms with Crippen LogP contribution in [0.5, 0.6) is 0 Å². The van der Waals surface area contributed by atoms with E-state index in [9.17, 15) is 4.79 Å². The van der Waals surface area contributed by atoms with Crippen molar-refractivity contribution in [2.45, 2.75) is 13.3 Å². The van der Waals surface area contributed by atoms with Crippen LogP contribution in [0.1, 0.15) is 23.8 Å². The Kier molecular flexibility index (Phi) is 5.20. The summed E-state index contributed by atoms with van der Waals surface area (Å²) in [6.45, 7) is 5.99. The van der Waals surface area contributed by atoms with Crippen molar-refractivity contribution in [3.63, 3.8) is 0 Å². The van der Waals surface area contributed by atoms with E-state index < -0.39 is 0 Å². The third-order valence-electron chi connectivity index (χ3n) is 3.95. The average Bonchev–Trinajstić information content (AvgIpc) is 2.67. The van der Waals surface area contributed by atoms with E-state index in [1.807, 2.05) is 31.3 Å². The molecule has 7 nitrogen and oxygen atoms in total. The minimum Gasteiger partial charge on any atom is -0.353 e. The van der Waals surface area contributed by atoms with Crippen molar-refractivity contribution >= 4 is 17.7 Å². The highest BCUT2D eigenvalue weighted by atomic mass is 16.1. The monoisotopic (exact) mass is 326 g/mol. The van der Waals surface area contributed by atoms with Crippen LogP contribution in [0, 0.1) is 0 Å². The molecular weight excluding hydrogens is 304 g/mol. The molecule has 0 bridgehead atoms. The zero-order valence-electron chi connectivity index (χ0n) is 13.9. The lowest BCUT2D eigenvalue weighted by Gasteiger charge is -2.35. The number of anilines is 2. The lowest BCUT2D eigenvalue weighted by atomic mass is 10.3. The Hall–Kier alpha value is -2.70. The number of amides is 1. The summed E-state index contributed by atoms with van der Waals surface area (Å²) in [5.74, 6) is 1.46. The maximum absolute atomic E-state index is 12.0. The van der Waals surface area contributed by atoms with Crippen molar-refractivity contribution in [2.75, 3.05) is 42.5 Å². The molecule has 7 heteroatoms. The normalized spacial score (nSPS) is 14.5. The highest BCUT2D eigenvalue weighted by Crippen LogP contribution is 2.16. The van der Waals surface area contributed by atoms with Gasteiger partial charge in [-0.1, -0.05) is 13.0 Å². The van der Waals surface area contributed by atoms with Gasteiger partial charge >= 0.3 is 0 Å². The Bertz CT molecular complexity index is 670. The van der Waals surface area contributed by atoms with Crippen LogP contribution >= 0.6 is 0 Å². The van der Waals surface area contributed by atoms with Crippen LogP contribution < -0.4 is 15.1 Å². The van der Waals surface area contributed by atoms with Gasteiger partial charge in [-0.25, -0.2) is 15.0 Å². The zero-order chi connectivity index (χ0) is 16.8. The van der Waals surface area contributed by atoms with Crippen LogP contribution in [0.25, 0.3) is 0 Å². The molecule has 24 heavy (non-hydrogen) atoms. The summed E-state index contributed by atoms with van der Waals surface area (Å²) < 4.78 is 0. The van der Waals surface area contributed by atoms with E-state index in [2.05, 4.69) is 30.1 Å². The minimum absolute atomic E-state index is 0.146. The van der Waals surface area contributed by atoms with E-state index in [1.54, 1.807) is 12.3 Å². The van der Waals surface area contributed by atoms with E-state index in [0.717, 1.165) is 38.4 Å². The third-order valence-corrected chi connectivity index (χ3v) is 3.95. The topological polar surface area (TPSA) is 74.2 Å². The molecule has 126 valence electrons. The van der Waals surface area contributed by atoms with E-state index in [-0.39, 0.29) is 5.91 Å². The molecule has 1 saturated heterocycles. The Balaban J connectivity index is 1.63. The minimum atomic E-state index is -0.146. The van der Waals surface area contributed by atoms with Gasteiger partial charge in [0.15, 0.2) is 0 Å². The van der Waals surface area contributed by atoms with Gasteiger partial charge in [-0.05, 0) is 24.6 Å². The van der Waals surface area contributed by atoms with E-state index in [4.69, 9.17) is 0 Å². The molecule has 1 N–H and O–H groups in total. The molecule has 0 spiro atoms. The predicted molar refractivity (Wildman–Crippen MR) is 93.3 cm³/mol. The van der Waals surface area contributed by atoms with Gasteiger partial charge in [-0.3, -0.25) is 4.79 Å². The van der Waals surface area contributed by atoms with Crippen molar-refractivity contribution in [1.82, 2.24) is 20.3 Å². The number of nitrogens with zero attached hydrogens (tertiary/aromatic N) is 5. The number of pyridine rings is 1. The van der Waals surface area contributed by atoms with Gasteiger partial charge in [0, 0.05) is 45.1 Å². The van der Waals surface area contributed by atoms with E-state index in [1.165, 1.54) is 0 Å². The standard InChI is InChI=1S/C17H22N6O/c1-2-7-19-16(24)14-6-9-20-17(21-14)23-12-10-22(11-13-23)15-5-3-4-8-18-15/h3-6,8-9H,2,7,10-13H2,1H3,(H,19,24). The first-order valence-corrected chi connectivity index (χ1v) is 8.30. The predicted octanol–water partition coefficient (Wildman–Crippen LogP) is 1.34. The number of rotatable bonds is 5. The van der Waals surface area contributed by atoms with Crippen LogP contribution in [0.3, 0.4) is 0 Å². The van der Waals surface area contributed by atoms with Crippen molar-refractivity contribution in [1.29, 1.82) is 0 Å². The molecular formula is C17H22N6O. The maximum Gasteiger partial charge on any atom is 0.270 e. The van der Waals surface area contributed by atoms with Crippen molar-refractivity contribution in [3.8, 4) is 0 Å². The molecule has 1 amide bonds. The number of nitrogens with one attached hydrogen (secondary N) is 1. The summed E-state index contributed by atoms with van der Waals surface area (Å²) in [5, 5.41) is 2.84. The molecule has 0 aromatic carbocycles. The number of carbonyl (C=O) groups is 1. The van der Waals surface area contributed by atoms with Crippen LogP contribution in [0.4, 0.5) is 11.8 Å². The summed E-state index contributed by atoms with van der Waals surface area (Å²) in [7, 11) is 0.